The van der Waals surface area contributed by atoms with Crippen molar-refractivity contribution in [1.29, 1.82) is 0 Å². The highest BCUT2D eigenvalue weighted by atomic mass is 16.3. The normalized spacial score (nSPS) is 30.3. The highest BCUT2D eigenvalue weighted by Gasteiger charge is 2.45. The van der Waals surface area contributed by atoms with Crippen molar-refractivity contribution in [2.24, 2.45) is 11.8 Å². The molecule has 4 bridgehead atoms. The molecule has 2 saturated heterocycles. The van der Waals surface area contributed by atoms with E-state index in [0.29, 0.717) is 23.8 Å². The molecule has 0 amide bonds. The first-order valence-corrected chi connectivity index (χ1v) is 15.3. The number of benzene rings is 1. The number of fused-ring (bicyclic) bond motifs is 5. The van der Waals surface area contributed by atoms with E-state index in [1.54, 1.807) is 12.1 Å². The van der Waals surface area contributed by atoms with Gasteiger partial charge in [-0.2, -0.15) is 0 Å². The molecule has 6 atom stereocenters. The number of hydrogen-bond acceptors (Lipinski definition) is 5. The van der Waals surface area contributed by atoms with Crippen molar-refractivity contribution in [2.45, 2.75) is 101 Å². The van der Waals surface area contributed by atoms with Gasteiger partial charge in [0.05, 0.1) is 23.3 Å². The van der Waals surface area contributed by atoms with Gasteiger partial charge in [-0.3, -0.25) is 19.1 Å². The van der Waals surface area contributed by atoms with Crippen molar-refractivity contribution < 1.29 is 5.11 Å². The minimum absolute atomic E-state index is 0.0745. The van der Waals surface area contributed by atoms with Gasteiger partial charge in [-0.25, -0.2) is 4.98 Å². The predicted octanol–water partition coefficient (Wildman–Crippen LogP) is 5.82. The second-order valence-electron chi connectivity index (χ2n) is 12.9. The summed E-state index contributed by atoms with van der Waals surface area (Å²) in [4.78, 5) is 34.8. The smallest absolute Gasteiger partial charge is 0.279 e. The number of nitrogens with zero attached hydrogens (tertiary/aromatic N) is 4. The monoisotopic (exact) mass is 540 g/mol. The molecule has 2 unspecified atom stereocenters. The van der Waals surface area contributed by atoms with E-state index in [2.05, 4.69) is 11.5 Å². The Kier molecular flexibility index (Phi) is 6.65. The van der Waals surface area contributed by atoms with Gasteiger partial charge in [0.25, 0.3) is 11.1 Å². The van der Waals surface area contributed by atoms with E-state index >= 15 is 0 Å². The van der Waals surface area contributed by atoms with Crippen LogP contribution in [0.5, 0.6) is 0 Å². The molecule has 4 aliphatic rings. The fourth-order valence-electron chi connectivity index (χ4n) is 8.89. The lowest BCUT2D eigenvalue weighted by Crippen LogP contribution is -2.58. The second-order valence-corrected chi connectivity index (χ2v) is 12.9. The van der Waals surface area contributed by atoms with E-state index in [1.165, 1.54) is 68.4 Å². The third-order valence-corrected chi connectivity index (χ3v) is 10.3. The maximum absolute atomic E-state index is 14.4. The summed E-state index contributed by atoms with van der Waals surface area (Å²) in [7, 11) is 0. The molecule has 7 rings (SSSR count). The van der Waals surface area contributed by atoms with Crippen LogP contribution in [-0.2, 0) is 6.54 Å². The van der Waals surface area contributed by atoms with E-state index < -0.39 is 0 Å². The SMILES string of the molecule is C=C(O)Cn1c(-c2nc3ccccc3n(C3C[C@H]4CCC[C@@H](C3)N4C3C[C@H]4CCC[C@@H](C3)C4)c2=O)cccc1=O. The van der Waals surface area contributed by atoms with Crippen molar-refractivity contribution in [3.05, 3.63) is 75.5 Å². The highest BCUT2D eigenvalue weighted by molar-refractivity contribution is 5.77. The molecule has 0 radical (unpaired) electrons. The van der Waals surface area contributed by atoms with Crippen LogP contribution in [-0.4, -0.2) is 42.3 Å². The van der Waals surface area contributed by atoms with Crippen LogP contribution in [0.15, 0.2) is 64.4 Å². The number of para-hydroxylation sites is 2. The van der Waals surface area contributed by atoms with Gasteiger partial charge in [-0.05, 0) is 75.0 Å². The molecule has 7 heteroatoms. The van der Waals surface area contributed by atoms with Gasteiger partial charge in [-0.15, -0.1) is 0 Å². The molecule has 3 aromatic rings. The molecule has 4 heterocycles. The number of allylic oxidation sites excluding steroid dienone is 1. The van der Waals surface area contributed by atoms with Crippen LogP contribution in [0.3, 0.4) is 0 Å². The lowest BCUT2D eigenvalue weighted by Gasteiger charge is -2.55. The average Bonchev–Trinajstić information content (AvgIpc) is 2.93. The molecule has 2 saturated carbocycles. The number of piperidine rings is 2. The summed E-state index contributed by atoms with van der Waals surface area (Å²) < 4.78 is 3.38. The Morgan fingerprint density at radius 2 is 1.52 bits per heavy atom. The fourth-order valence-corrected chi connectivity index (χ4v) is 8.89. The predicted molar refractivity (Wildman–Crippen MR) is 157 cm³/mol. The molecule has 1 aromatic carbocycles. The van der Waals surface area contributed by atoms with Crippen LogP contribution in [0.25, 0.3) is 22.4 Å². The van der Waals surface area contributed by atoms with Gasteiger partial charge in [0, 0.05) is 30.2 Å². The Balaban J connectivity index is 1.29. The highest BCUT2D eigenvalue weighted by Crippen LogP contribution is 2.47. The topological polar surface area (TPSA) is 80.4 Å². The van der Waals surface area contributed by atoms with E-state index in [4.69, 9.17) is 4.98 Å². The Hall–Kier alpha value is -3.19. The summed E-state index contributed by atoms with van der Waals surface area (Å²) in [5, 5.41) is 9.91. The Morgan fingerprint density at radius 1 is 0.825 bits per heavy atom. The fraction of sp³-hybridized carbons (Fsp3) is 0.545. The number of aliphatic hydroxyl groups is 1. The van der Waals surface area contributed by atoms with Crippen molar-refractivity contribution in [1.82, 2.24) is 19.0 Å². The Labute approximate surface area is 235 Å². The zero-order valence-corrected chi connectivity index (χ0v) is 23.3. The molecular formula is C33H40N4O3. The van der Waals surface area contributed by atoms with E-state index in [0.717, 1.165) is 35.7 Å². The number of aromatic nitrogens is 3. The quantitative estimate of drug-likeness (QED) is 0.412. The number of pyridine rings is 1. The van der Waals surface area contributed by atoms with Crippen LogP contribution in [0.4, 0.5) is 0 Å². The third kappa shape index (κ3) is 4.52. The molecule has 0 spiro atoms. The van der Waals surface area contributed by atoms with E-state index in [-0.39, 0.29) is 35.2 Å². The molecule has 4 fully saturated rings. The molecule has 2 aromatic heterocycles. The second kappa shape index (κ2) is 10.3. The van der Waals surface area contributed by atoms with Crippen molar-refractivity contribution in [2.75, 3.05) is 0 Å². The average molecular weight is 541 g/mol. The summed E-state index contributed by atoms with van der Waals surface area (Å²) in [5.74, 6) is 1.68. The van der Waals surface area contributed by atoms with Crippen molar-refractivity contribution in [3.63, 3.8) is 0 Å². The Bertz CT molecular complexity index is 1530. The molecule has 2 aliphatic heterocycles. The Morgan fingerprint density at radius 3 is 2.25 bits per heavy atom. The lowest BCUT2D eigenvalue weighted by atomic mass is 9.68. The lowest BCUT2D eigenvalue weighted by molar-refractivity contribution is -0.0485. The van der Waals surface area contributed by atoms with E-state index in [9.17, 15) is 14.7 Å². The van der Waals surface area contributed by atoms with Crippen molar-refractivity contribution in [3.8, 4) is 11.4 Å². The third-order valence-electron chi connectivity index (χ3n) is 10.3. The zero-order chi connectivity index (χ0) is 27.4. The van der Waals surface area contributed by atoms with Crippen molar-refractivity contribution >= 4 is 11.0 Å². The molecule has 210 valence electrons. The maximum atomic E-state index is 14.4. The van der Waals surface area contributed by atoms with Gasteiger partial charge < -0.3 is 9.67 Å². The minimum atomic E-state index is -0.298. The van der Waals surface area contributed by atoms with E-state index in [1.807, 2.05) is 28.8 Å². The molecule has 40 heavy (non-hydrogen) atoms. The van der Waals surface area contributed by atoms with Crippen LogP contribution >= 0.6 is 0 Å². The molecule has 2 aliphatic carbocycles. The first kappa shape index (κ1) is 25.8. The number of aliphatic hydroxyl groups excluding tert-OH is 1. The maximum Gasteiger partial charge on any atom is 0.279 e. The van der Waals surface area contributed by atoms with Gasteiger partial charge in [0.2, 0.25) is 0 Å². The standard InChI is InChI=1S/C33H40N4O3/c1-21(38)20-35-30(13-6-14-31(35)39)32-33(40)37(29-12-3-2-11-28(29)34-32)27-18-24-9-5-10-25(19-27)36(24)26-16-22-7-4-8-23(15-22)17-26/h2-3,6,11-14,22-27,38H,1,4-5,7-10,15-20H2/t22-,23+,24-,25+,26?,27?. The first-order valence-electron chi connectivity index (χ1n) is 15.3. The number of rotatable bonds is 5. The summed E-state index contributed by atoms with van der Waals surface area (Å²) in [6, 6.07) is 14.5. The molecular weight excluding hydrogens is 500 g/mol. The molecule has 1 N–H and O–H groups in total. The van der Waals surface area contributed by atoms with Crippen LogP contribution in [0.2, 0.25) is 0 Å². The van der Waals surface area contributed by atoms with Gasteiger partial charge in [-0.1, -0.05) is 50.5 Å². The van der Waals surface area contributed by atoms with Crippen LogP contribution in [0.1, 0.15) is 76.7 Å². The first-order chi connectivity index (χ1) is 19.5. The van der Waals surface area contributed by atoms with Crippen LogP contribution in [0, 0.1) is 11.8 Å². The van der Waals surface area contributed by atoms with Gasteiger partial charge in [0.15, 0.2) is 5.69 Å². The largest absolute Gasteiger partial charge is 0.511 e. The summed E-state index contributed by atoms with van der Waals surface area (Å²) >= 11 is 0. The van der Waals surface area contributed by atoms with Gasteiger partial charge in [0.1, 0.15) is 5.76 Å². The summed E-state index contributed by atoms with van der Waals surface area (Å²) in [6.45, 7) is 3.50. The summed E-state index contributed by atoms with van der Waals surface area (Å²) in [5.41, 5.74) is 1.81. The zero-order valence-electron chi connectivity index (χ0n) is 23.3. The molecule has 7 nitrogen and oxygen atoms in total. The minimum Gasteiger partial charge on any atom is -0.511 e. The van der Waals surface area contributed by atoms with Crippen LogP contribution < -0.4 is 11.1 Å². The summed E-state index contributed by atoms with van der Waals surface area (Å²) in [6.07, 6.45) is 14.0. The number of hydrogen-bond donors (Lipinski definition) is 1. The van der Waals surface area contributed by atoms with Gasteiger partial charge >= 0.3 is 0 Å².